The van der Waals surface area contributed by atoms with E-state index in [-0.39, 0.29) is 33.9 Å². The Hall–Kier alpha value is -2.66. The van der Waals surface area contributed by atoms with Crippen LogP contribution in [0.2, 0.25) is 0 Å². The molecule has 36 heavy (non-hydrogen) atoms. The van der Waals surface area contributed by atoms with Crippen molar-refractivity contribution in [3.05, 3.63) is 39.5 Å². The van der Waals surface area contributed by atoms with E-state index in [0.29, 0.717) is 17.1 Å². The second kappa shape index (κ2) is 11.6. The molecule has 3 N–H and O–H groups in total. The van der Waals surface area contributed by atoms with Crippen LogP contribution in [0.25, 0.3) is 0 Å². The molecule has 2 atom stereocenters. The lowest BCUT2D eigenvalue weighted by Crippen LogP contribution is -2.71. The maximum Gasteiger partial charge on any atom is 0.355 e. The van der Waals surface area contributed by atoms with Gasteiger partial charge in [-0.1, -0.05) is 46.4 Å². The number of hydrogen-bond acceptors (Lipinski definition) is 14. The van der Waals surface area contributed by atoms with Gasteiger partial charge in [0, 0.05) is 21.9 Å². The molecule has 2 aromatic heterocycles. The zero-order valence-electron chi connectivity index (χ0n) is 18.5. The number of amides is 2. The van der Waals surface area contributed by atoms with Gasteiger partial charge in [-0.2, -0.15) is 0 Å². The average molecular weight is 588 g/mol. The number of thioether (sulfide) groups is 2. The number of carbonyl (C=O) groups is 3. The molecule has 17 heteroatoms. The molecular weight excluding hydrogens is 570 g/mol. The topological polar surface area (TPSA) is 162 Å². The van der Waals surface area contributed by atoms with E-state index >= 15 is 0 Å². The summed E-state index contributed by atoms with van der Waals surface area (Å²) in [4.78, 5) is 49.2. The molecule has 2 amide bonds. The molecular formula is C19H18ClN7O5S4. The number of nitrogens with two attached hydrogens (primary N) is 1. The Morgan fingerprint density at radius 2 is 2.25 bits per heavy atom. The number of rotatable bonds is 10. The van der Waals surface area contributed by atoms with E-state index < -0.39 is 29.2 Å². The van der Waals surface area contributed by atoms with Crippen LogP contribution in [0, 0.1) is 0 Å². The Kier molecular flexibility index (Phi) is 8.50. The minimum Gasteiger partial charge on any atom is -0.455 e. The zero-order chi connectivity index (χ0) is 25.8. The molecule has 1 fully saturated rings. The van der Waals surface area contributed by atoms with Gasteiger partial charge < -0.3 is 20.6 Å². The maximum atomic E-state index is 13.2. The summed E-state index contributed by atoms with van der Waals surface area (Å²) in [5, 5.41) is 15.6. The number of oxime groups is 1. The van der Waals surface area contributed by atoms with Crippen molar-refractivity contribution in [1.82, 2.24) is 25.4 Å². The van der Waals surface area contributed by atoms with Gasteiger partial charge in [0.05, 0.1) is 0 Å². The Morgan fingerprint density at radius 1 is 1.44 bits per heavy atom. The quantitative estimate of drug-likeness (QED) is 0.137. The zero-order valence-corrected chi connectivity index (χ0v) is 22.5. The van der Waals surface area contributed by atoms with Gasteiger partial charge in [0.2, 0.25) is 0 Å². The van der Waals surface area contributed by atoms with Gasteiger partial charge in [0.15, 0.2) is 15.2 Å². The third-order valence-corrected chi connectivity index (χ3v) is 8.83. The average Bonchev–Trinajstić information content (AvgIpc) is 3.54. The number of anilines is 1. The number of nitrogens with one attached hydrogen (secondary N) is 1. The van der Waals surface area contributed by atoms with Crippen LogP contribution in [-0.4, -0.2) is 80.2 Å². The summed E-state index contributed by atoms with van der Waals surface area (Å²) in [5.74, 6) is -0.999. The SMILES string of the molecule is C=C(Cl)COC(=O)C1=C(CSc2nncs2)CS[C@@H]2C(NC(=O)C(=NOC)c3csc(N)n3)C(=O)N12. The summed E-state index contributed by atoms with van der Waals surface area (Å²) in [6, 6.07) is -0.899. The highest BCUT2D eigenvalue weighted by Crippen LogP contribution is 2.42. The lowest BCUT2D eigenvalue weighted by molar-refractivity contribution is -0.152. The summed E-state index contributed by atoms with van der Waals surface area (Å²) >= 11 is 11.1. The molecule has 4 rings (SSSR count). The minimum atomic E-state index is -0.899. The number of nitrogen functional groups attached to an aromatic ring is 1. The van der Waals surface area contributed by atoms with Gasteiger partial charge in [0.1, 0.15) is 42.0 Å². The Labute approximate surface area is 226 Å². The normalized spacial score (nSPS) is 19.4. The fraction of sp³-hybridized carbons (Fsp3) is 0.316. The first kappa shape index (κ1) is 26.4. The molecule has 0 bridgehead atoms. The van der Waals surface area contributed by atoms with Crippen molar-refractivity contribution < 1.29 is 24.0 Å². The lowest BCUT2D eigenvalue weighted by atomic mass is 10.0. The van der Waals surface area contributed by atoms with Gasteiger partial charge in [-0.3, -0.25) is 14.5 Å². The highest BCUT2D eigenvalue weighted by Gasteiger charge is 2.54. The number of hydrogen-bond donors (Lipinski definition) is 2. The van der Waals surface area contributed by atoms with Gasteiger partial charge >= 0.3 is 5.97 Å². The predicted molar refractivity (Wildman–Crippen MR) is 139 cm³/mol. The van der Waals surface area contributed by atoms with Gasteiger partial charge in [-0.15, -0.1) is 33.3 Å². The summed E-state index contributed by atoms with van der Waals surface area (Å²) in [5.41, 5.74) is 8.19. The summed E-state index contributed by atoms with van der Waals surface area (Å²) < 4.78 is 5.98. The number of thiazole rings is 1. The molecule has 190 valence electrons. The highest BCUT2D eigenvalue weighted by molar-refractivity contribution is 8.01. The van der Waals surface area contributed by atoms with Crippen LogP contribution >= 0.6 is 57.8 Å². The van der Waals surface area contributed by atoms with Crippen LogP contribution in [0.5, 0.6) is 0 Å². The van der Waals surface area contributed by atoms with Crippen molar-refractivity contribution in [2.45, 2.75) is 15.8 Å². The fourth-order valence-electron chi connectivity index (χ4n) is 3.27. The Balaban J connectivity index is 1.53. The number of carbonyl (C=O) groups excluding carboxylic acids is 3. The van der Waals surface area contributed by atoms with E-state index in [1.807, 2.05) is 0 Å². The van der Waals surface area contributed by atoms with Gasteiger partial charge in [-0.25, -0.2) is 9.78 Å². The number of halogens is 1. The van der Waals surface area contributed by atoms with Crippen molar-refractivity contribution in [3.63, 3.8) is 0 Å². The van der Waals surface area contributed by atoms with E-state index in [9.17, 15) is 14.4 Å². The molecule has 1 unspecified atom stereocenters. The highest BCUT2D eigenvalue weighted by atomic mass is 35.5. The number of aromatic nitrogens is 3. The Morgan fingerprint density at radius 3 is 2.89 bits per heavy atom. The largest absolute Gasteiger partial charge is 0.455 e. The van der Waals surface area contributed by atoms with Crippen molar-refractivity contribution >= 4 is 86.4 Å². The van der Waals surface area contributed by atoms with Crippen LogP contribution in [0.1, 0.15) is 5.69 Å². The monoisotopic (exact) mass is 587 g/mol. The van der Waals surface area contributed by atoms with Crippen LogP contribution in [0.15, 0.2) is 43.3 Å². The first-order valence-electron chi connectivity index (χ1n) is 9.99. The molecule has 2 aromatic rings. The number of nitrogens with zero attached hydrogens (tertiary/aromatic N) is 5. The number of esters is 1. The molecule has 12 nitrogen and oxygen atoms in total. The molecule has 0 spiro atoms. The second-order valence-electron chi connectivity index (χ2n) is 7.09. The smallest absolute Gasteiger partial charge is 0.355 e. The van der Waals surface area contributed by atoms with E-state index in [4.69, 9.17) is 26.9 Å². The lowest BCUT2D eigenvalue weighted by Gasteiger charge is -2.49. The first-order chi connectivity index (χ1) is 17.3. The molecule has 0 aliphatic carbocycles. The van der Waals surface area contributed by atoms with Crippen molar-refractivity contribution in [2.24, 2.45) is 5.16 Å². The predicted octanol–water partition coefficient (Wildman–Crippen LogP) is 1.67. The molecule has 0 radical (unpaired) electrons. The van der Waals surface area contributed by atoms with Crippen molar-refractivity contribution in [3.8, 4) is 0 Å². The van der Waals surface area contributed by atoms with Gasteiger partial charge in [-0.05, 0) is 5.57 Å². The number of β-lactam (4-membered cyclic amide) rings is 1. The summed E-state index contributed by atoms with van der Waals surface area (Å²) in [6.45, 7) is 3.32. The van der Waals surface area contributed by atoms with Crippen LogP contribution in [0.4, 0.5) is 5.13 Å². The summed E-state index contributed by atoms with van der Waals surface area (Å²) in [6.07, 6.45) is 0. The minimum absolute atomic E-state index is 0.123. The van der Waals surface area contributed by atoms with Crippen LogP contribution < -0.4 is 11.1 Å². The van der Waals surface area contributed by atoms with Crippen LogP contribution in [0.3, 0.4) is 0 Å². The molecule has 0 aromatic carbocycles. The van der Waals surface area contributed by atoms with Crippen LogP contribution in [-0.2, 0) is 24.0 Å². The molecule has 2 aliphatic rings. The van der Waals surface area contributed by atoms with E-state index in [2.05, 4.69) is 32.2 Å². The molecule has 0 saturated carbocycles. The van der Waals surface area contributed by atoms with E-state index in [0.717, 1.165) is 15.7 Å². The summed E-state index contributed by atoms with van der Waals surface area (Å²) in [7, 11) is 1.29. The molecule has 2 aliphatic heterocycles. The van der Waals surface area contributed by atoms with Gasteiger partial charge in [0.25, 0.3) is 11.8 Å². The third-order valence-electron chi connectivity index (χ3n) is 4.76. The molecule has 4 heterocycles. The fourth-order valence-corrected chi connectivity index (χ4v) is 6.85. The second-order valence-corrected chi connectivity index (χ2v) is 11.7. The van der Waals surface area contributed by atoms with Crippen molar-refractivity contribution in [1.29, 1.82) is 0 Å². The first-order valence-corrected chi connectivity index (χ1v) is 14.2. The standard InChI is InChI=1S/C19H18ClN7O5S4/c1-8(20)3-32-17(30)13-9(5-35-19-25-22-7-36-19)4-33-16-12(15(29)27(13)16)24-14(28)11(26-31-2)10-6-34-18(21)23-10/h6-7,12,16H,1,3-5H2,2H3,(H2,21,23)(H,24,28)/t12?,16-/m1/s1. The number of fused-ring (bicyclic) bond motifs is 1. The van der Waals surface area contributed by atoms with E-state index in [1.165, 1.54) is 46.9 Å². The van der Waals surface area contributed by atoms with Crippen molar-refractivity contribution in [2.75, 3.05) is 31.0 Å². The number of ether oxygens (including phenoxy) is 1. The third kappa shape index (κ3) is 5.67. The Bertz CT molecular complexity index is 1250. The maximum absolute atomic E-state index is 13.2. The molecule has 1 saturated heterocycles. The van der Waals surface area contributed by atoms with E-state index in [1.54, 1.807) is 10.9 Å².